The van der Waals surface area contributed by atoms with Crippen molar-refractivity contribution in [3.05, 3.63) is 63.9 Å². The number of nitrogens with zero attached hydrogens (tertiary/aromatic N) is 2. The van der Waals surface area contributed by atoms with Crippen LogP contribution in [-0.2, 0) is 9.53 Å². The predicted molar refractivity (Wildman–Crippen MR) is 94.3 cm³/mol. The van der Waals surface area contributed by atoms with E-state index in [9.17, 15) is 15.3 Å². The number of nitriles is 2. The first-order valence-corrected chi connectivity index (χ1v) is 8.23. The van der Waals surface area contributed by atoms with Crippen molar-refractivity contribution in [2.24, 2.45) is 0 Å². The van der Waals surface area contributed by atoms with E-state index in [1.54, 1.807) is 0 Å². The summed E-state index contributed by atoms with van der Waals surface area (Å²) in [6.07, 6.45) is 4.22. The van der Waals surface area contributed by atoms with Gasteiger partial charge in [-0.15, -0.1) is 0 Å². The van der Waals surface area contributed by atoms with Crippen LogP contribution in [0.4, 0.5) is 0 Å². The maximum absolute atomic E-state index is 11.5. The predicted octanol–water partition coefficient (Wildman–Crippen LogP) is 4.12. The number of ether oxygens (including phenoxy) is 1. The molecule has 3 rings (SSSR count). The Kier molecular flexibility index (Phi) is 4.66. The van der Waals surface area contributed by atoms with Gasteiger partial charge in [0.25, 0.3) is 0 Å². The van der Waals surface area contributed by atoms with Crippen molar-refractivity contribution in [2.45, 2.75) is 26.2 Å². The van der Waals surface area contributed by atoms with Crippen molar-refractivity contribution in [3.63, 3.8) is 0 Å². The standard InChI is InChI=1S/C21H16N2O2/c1-2-3-10-25-18-9-8-14(13-24)20-19(15(11-22)12-23)16-6-4-5-7-17(16)21(18)20/h4-7,9H,2-3,8,10H2,1H3. The van der Waals surface area contributed by atoms with Gasteiger partial charge < -0.3 is 4.74 Å². The average Bonchev–Trinajstić information content (AvgIpc) is 2.99. The summed E-state index contributed by atoms with van der Waals surface area (Å²) in [6, 6.07) is 11.5. The Labute approximate surface area is 146 Å². The van der Waals surface area contributed by atoms with Crippen LogP contribution in [0.25, 0.3) is 11.1 Å². The molecule has 4 heteroatoms. The molecule has 2 aliphatic carbocycles. The molecular weight excluding hydrogens is 312 g/mol. The summed E-state index contributed by atoms with van der Waals surface area (Å²) in [5.41, 5.74) is 4.03. The minimum atomic E-state index is 0.00000758. The molecule has 0 heterocycles. The van der Waals surface area contributed by atoms with Crippen LogP contribution < -0.4 is 0 Å². The van der Waals surface area contributed by atoms with E-state index in [0.29, 0.717) is 35.5 Å². The molecule has 1 aromatic rings. The second kappa shape index (κ2) is 7.05. The summed E-state index contributed by atoms with van der Waals surface area (Å²) < 4.78 is 5.95. The third kappa shape index (κ3) is 2.70. The van der Waals surface area contributed by atoms with E-state index in [0.717, 1.165) is 29.5 Å². The Morgan fingerprint density at radius 1 is 1.16 bits per heavy atom. The van der Waals surface area contributed by atoms with E-state index in [1.165, 1.54) is 0 Å². The van der Waals surface area contributed by atoms with Crippen molar-refractivity contribution in [2.75, 3.05) is 6.61 Å². The van der Waals surface area contributed by atoms with E-state index >= 15 is 0 Å². The van der Waals surface area contributed by atoms with Crippen molar-refractivity contribution < 1.29 is 9.53 Å². The smallest absolute Gasteiger partial charge is 0.138 e. The largest absolute Gasteiger partial charge is 0.493 e. The first-order valence-electron chi connectivity index (χ1n) is 8.23. The van der Waals surface area contributed by atoms with Gasteiger partial charge in [-0.25, -0.2) is 4.79 Å². The summed E-state index contributed by atoms with van der Waals surface area (Å²) in [4.78, 5) is 11.5. The Morgan fingerprint density at radius 2 is 1.88 bits per heavy atom. The molecule has 0 bridgehead atoms. The summed E-state index contributed by atoms with van der Waals surface area (Å²) in [7, 11) is 0. The number of unbranched alkanes of at least 4 members (excludes halogenated alkanes) is 1. The number of rotatable bonds is 4. The maximum Gasteiger partial charge on any atom is 0.138 e. The van der Waals surface area contributed by atoms with Crippen LogP contribution in [0.2, 0.25) is 0 Å². The third-order valence-electron chi connectivity index (χ3n) is 4.36. The van der Waals surface area contributed by atoms with E-state index in [4.69, 9.17) is 4.74 Å². The fourth-order valence-electron chi connectivity index (χ4n) is 3.22. The SMILES string of the molecule is CCCCOC1=CCC(=C=O)C2=C1c1ccccc1C2=C(C#N)C#N. The van der Waals surface area contributed by atoms with Crippen LogP contribution in [0, 0.1) is 22.7 Å². The highest BCUT2D eigenvalue weighted by molar-refractivity contribution is 6.11. The van der Waals surface area contributed by atoms with E-state index in [-0.39, 0.29) is 5.57 Å². The van der Waals surface area contributed by atoms with Gasteiger partial charge in [-0.2, -0.15) is 10.5 Å². The van der Waals surface area contributed by atoms with Gasteiger partial charge in [0.05, 0.1) is 6.61 Å². The zero-order valence-corrected chi connectivity index (χ0v) is 13.9. The molecule has 25 heavy (non-hydrogen) atoms. The molecule has 0 atom stereocenters. The lowest BCUT2D eigenvalue weighted by atomic mass is 9.88. The summed E-state index contributed by atoms with van der Waals surface area (Å²) in [6.45, 7) is 2.68. The van der Waals surface area contributed by atoms with Crippen LogP contribution in [-0.4, -0.2) is 12.5 Å². The van der Waals surface area contributed by atoms with E-state index in [2.05, 4.69) is 6.92 Å². The number of fused-ring (bicyclic) bond motifs is 2. The number of hydrogen-bond donors (Lipinski definition) is 0. The van der Waals surface area contributed by atoms with Gasteiger partial charge in [-0.3, -0.25) is 0 Å². The number of carbonyl (C=O) groups excluding carboxylic acids is 1. The lowest BCUT2D eigenvalue weighted by molar-refractivity contribution is 0.221. The number of benzene rings is 1. The highest BCUT2D eigenvalue weighted by Crippen LogP contribution is 2.51. The number of allylic oxidation sites excluding steroid dienone is 6. The lowest BCUT2D eigenvalue weighted by Gasteiger charge is -2.19. The average molecular weight is 328 g/mol. The second-order valence-electron chi connectivity index (χ2n) is 5.82. The molecule has 0 fully saturated rings. The van der Waals surface area contributed by atoms with Crippen LogP contribution in [0.5, 0.6) is 0 Å². The number of hydrogen-bond acceptors (Lipinski definition) is 4. The van der Waals surface area contributed by atoms with Crippen LogP contribution >= 0.6 is 0 Å². The molecular formula is C21H16N2O2. The van der Waals surface area contributed by atoms with Crippen LogP contribution in [0.3, 0.4) is 0 Å². The van der Waals surface area contributed by atoms with Gasteiger partial charge in [0, 0.05) is 28.7 Å². The topological polar surface area (TPSA) is 73.9 Å². The molecule has 0 aromatic heterocycles. The summed E-state index contributed by atoms with van der Waals surface area (Å²) >= 11 is 0. The van der Waals surface area contributed by atoms with E-state index in [1.807, 2.05) is 48.4 Å². The molecule has 0 aliphatic heterocycles. The molecule has 2 aliphatic rings. The normalized spacial score (nSPS) is 14.8. The maximum atomic E-state index is 11.5. The van der Waals surface area contributed by atoms with E-state index < -0.39 is 0 Å². The Morgan fingerprint density at radius 3 is 2.52 bits per heavy atom. The first kappa shape index (κ1) is 16.5. The van der Waals surface area contributed by atoms with Crippen LogP contribution in [0.15, 0.2) is 52.8 Å². The van der Waals surface area contributed by atoms with Gasteiger partial charge in [-0.1, -0.05) is 37.6 Å². The van der Waals surface area contributed by atoms with Gasteiger partial charge in [0.1, 0.15) is 29.4 Å². The van der Waals surface area contributed by atoms with Gasteiger partial charge in [0.2, 0.25) is 0 Å². The van der Waals surface area contributed by atoms with Crippen molar-refractivity contribution in [1.29, 1.82) is 10.5 Å². The highest BCUT2D eigenvalue weighted by atomic mass is 16.5. The van der Waals surface area contributed by atoms with Crippen molar-refractivity contribution in [3.8, 4) is 12.1 Å². The third-order valence-corrected chi connectivity index (χ3v) is 4.36. The van der Waals surface area contributed by atoms with Crippen LogP contribution in [0.1, 0.15) is 37.3 Å². The first-order chi connectivity index (χ1) is 12.3. The fourth-order valence-corrected chi connectivity index (χ4v) is 3.22. The second-order valence-corrected chi connectivity index (χ2v) is 5.82. The molecule has 0 saturated carbocycles. The quantitative estimate of drug-likeness (QED) is 0.473. The monoisotopic (exact) mass is 328 g/mol. The highest BCUT2D eigenvalue weighted by Gasteiger charge is 2.35. The molecule has 0 spiro atoms. The lowest BCUT2D eigenvalue weighted by Crippen LogP contribution is -2.05. The fraction of sp³-hybridized carbons (Fsp3) is 0.238. The van der Waals surface area contributed by atoms with Gasteiger partial charge >= 0.3 is 0 Å². The van der Waals surface area contributed by atoms with Crippen molar-refractivity contribution >= 4 is 17.1 Å². The zero-order valence-electron chi connectivity index (χ0n) is 13.9. The molecule has 4 nitrogen and oxygen atoms in total. The Balaban J connectivity index is 2.27. The summed E-state index contributed by atoms with van der Waals surface area (Å²) in [5.74, 6) is 2.70. The molecule has 1 aromatic carbocycles. The summed E-state index contributed by atoms with van der Waals surface area (Å²) in [5, 5.41) is 18.8. The Bertz CT molecular complexity index is 942. The molecule has 0 amide bonds. The minimum Gasteiger partial charge on any atom is -0.493 e. The van der Waals surface area contributed by atoms with Crippen molar-refractivity contribution in [1.82, 2.24) is 0 Å². The van der Waals surface area contributed by atoms with Gasteiger partial charge in [0.15, 0.2) is 0 Å². The minimum absolute atomic E-state index is 0.00000758. The zero-order chi connectivity index (χ0) is 17.8. The molecule has 0 N–H and O–H groups in total. The molecule has 0 unspecified atom stereocenters. The Hall–Kier alpha value is -3.33. The molecule has 0 saturated heterocycles. The van der Waals surface area contributed by atoms with Gasteiger partial charge in [-0.05, 0) is 23.6 Å². The molecule has 0 radical (unpaired) electrons. The molecule has 122 valence electrons.